The largest absolute Gasteiger partial charge is 0.259 e. The molecule has 0 aliphatic carbocycles. The highest BCUT2D eigenvalue weighted by Crippen LogP contribution is 2.38. The van der Waals surface area contributed by atoms with Gasteiger partial charge in [-0.3, -0.25) is 4.99 Å². The summed E-state index contributed by atoms with van der Waals surface area (Å²) in [5.41, 5.74) is 2.24. The Morgan fingerprint density at radius 2 is 2.09 bits per heavy atom. The highest BCUT2D eigenvalue weighted by molar-refractivity contribution is 7.82. The van der Waals surface area contributed by atoms with Crippen molar-refractivity contribution < 1.29 is 0 Å². The average molecular weight is 163 g/mol. The van der Waals surface area contributed by atoms with E-state index in [0.717, 1.165) is 5.69 Å². The summed E-state index contributed by atoms with van der Waals surface area (Å²) in [7, 11) is 0. The maximum Gasteiger partial charge on any atom is 0.0722 e. The zero-order valence-electron chi connectivity index (χ0n) is 6.28. The lowest BCUT2D eigenvalue weighted by molar-refractivity contribution is 0.995. The van der Waals surface area contributed by atoms with Crippen molar-refractivity contribution in [1.82, 2.24) is 0 Å². The van der Waals surface area contributed by atoms with Gasteiger partial charge in [-0.25, -0.2) is 0 Å². The molecule has 0 aromatic heterocycles. The summed E-state index contributed by atoms with van der Waals surface area (Å²) in [6.07, 6.45) is 1.88. The first kappa shape index (κ1) is 6.92. The second kappa shape index (κ2) is 2.11. The summed E-state index contributed by atoms with van der Waals surface area (Å²) in [6.45, 7) is 2.05. The van der Waals surface area contributed by atoms with Crippen molar-refractivity contribution in [2.24, 2.45) is 4.99 Å². The van der Waals surface area contributed by atoms with Crippen LogP contribution in [0.5, 0.6) is 0 Å². The predicted octanol–water partition coefficient (Wildman–Crippen LogP) is 2.55. The molecular formula is C9H9NS. The first-order valence-corrected chi connectivity index (χ1v) is 4.02. The second-order valence-corrected chi connectivity index (χ2v) is 3.85. The first-order valence-electron chi connectivity index (χ1n) is 3.57. The number of nitrogens with zero attached hydrogens (tertiary/aromatic N) is 1. The smallest absolute Gasteiger partial charge is 0.0722 e. The lowest BCUT2D eigenvalue weighted by Gasteiger charge is -2.13. The van der Waals surface area contributed by atoms with Crippen LogP contribution in [0.2, 0.25) is 0 Å². The molecule has 0 radical (unpaired) electrons. The standard InChI is InChI=1S/C9H9NS/c1-9(11)6-10-8-5-3-2-4-7(8)9/h2-6,11H,1H3. The van der Waals surface area contributed by atoms with Crippen LogP contribution in [-0.4, -0.2) is 6.21 Å². The Morgan fingerprint density at radius 3 is 2.82 bits per heavy atom. The van der Waals surface area contributed by atoms with Crippen molar-refractivity contribution in [2.75, 3.05) is 0 Å². The minimum atomic E-state index is -0.170. The number of hydrogen-bond acceptors (Lipinski definition) is 2. The van der Waals surface area contributed by atoms with E-state index in [0.29, 0.717) is 0 Å². The first-order chi connectivity index (χ1) is 5.20. The van der Waals surface area contributed by atoms with Gasteiger partial charge in [0.25, 0.3) is 0 Å². The molecule has 56 valence electrons. The molecule has 11 heavy (non-hydrogen) atoms. The van der Waals surface area contributed by atoms with E-state index < -0.39 is 0 Å². The number of aliphatic imine (C=N–C) groups is 1. The molecule has 1 unspecified atom stereocenters. The zero-order valence-corrected chi connectivity index (χ0v) is 7.18. The molecule has 1 aliphatic rings. The maximum absolute atomic E-state index is 4.48. The fourth-order valence-electron chi connectivity index (χ4n) is 1.28. The van der Waals surface area contributed by atoms with Crippen molar-refractivity contribution in [2.45, 2.75) is 11.7 Å². The summed E-state index contributed by atoms with van der Waals surface area (Å²) in [4.78, 5) is 4.25. The van der Waals surface area contributed by atoms with Crippen molar-refractivity contribution in [3.05, 3.63) is 29.8 Å². The highest BCUT2D eigenvalue weighted by atomic mass is 32.1. The number of benzene rings is 1. The Balaban J connectivity index is 2.64. The quantitative estimate of drug-likeness (QED) is 0.564. The van der Waals surface area contributed by atoms with Crippen LogP contribution in [0.1, 0.15) is 12.5 Å². The summed E-state index contributed by atoms with van der Waals surface area (Å²) < 4.78 is -0.170. The van der Waals surface area contributed by atoms with Gasteiger partial charge in [0.1, 0.15) is 0 Å². The van der Waals surface area contributed by atoms with Crippen molar-refractivity contribution >= 4 is 24.5 Å². The SMILES string of the molecule is CC1(S)C=Nc2ccccc21. The van der Waals surface area contributed by atoms with Gasteiger partial charge in [0, 0.05) is 6.21 Å². The van der Waals surface area contributed by atoms with Crippen LogP contribution in [0, 0.1) is 0 Å². The van der Waals surface area contributed by atoms with E-state index in [1.54, 1.807) is 0 Å². The number of para-hydroxylation sites is 1. The molecule has 1 heterocycles. The van der Waals surface area contributed by atoms with Gasteiger partial charge in [-0.2, -0.15) is 12.6 Å². The minimum absolute atomic E-state index is 0.170. The Hall–Kier alpha value is -0.760. The third-order valence-corrected chi connectivity index (χ3v) is 2.26. The van der Waals surface area contributed by atoms with E-state index in [9.17, 15) is 0 Å². The molecule has 0 fully saturated rings. The van der Waals surface area contributed by atoms with Crippen LogP contribution in [0.25, 0.3) is 0 Å². The van der Waals surface area contributed by atoms with Crippen LogP contribution in [0.4, 0.5) is 5.69 Å². The van der Waals surface area contributed by atoms with Crippen LogP contribution in [0.3, 0.4) is 0 Å². The van der Waals surface area contributed by atoms with E-state index in [2.05, 4.69) is 23.7 Å². The number of hydrogen-bond donors (Lipinski definition) is 1. The molecular weight excluding hydrogens is 154 g/mol. The Morgan fingerprint density at radius 1 is 1.36 bits per heavy atom. The fraction of sp³-hybridized carbons (Fsp3) is 0.222. The maximum atomic E-state index is 4.48. The fourth-order valence-corrected chi connectivity index (χ4v) is 1.53. The second-order valence-electron chi connectivity index (χ2n) is 2.92. The van der Waals surface area contributed by atoms with Gasteiger partial charge in [-0.15, -0.1) is 0 Å². The molecule has 1 aromatic carbocycles. The molecule has 1 nitrogen and oxygen atoms in total. The summed E-state index contributed by atoms with van der Waals surface area (Å²) in [5, 5.41) is 0. The van der Waals surface area contributed by atoms with Gasteiger partial charge >= 0.3 is 0 Å². The molecule has 0 amide bonds. The number of rotatable bonds is 0. The van der Waals surface area contributed by atoms with Crippen LogP contribution in [0.15, 0.2) is 29.3 Å². The molecule has 0 saturated carbocycles. The lowest BCUT2D eigenvalue weighted by Crippen LogP contribution is -2.10. The molecule has 0 bridgehead atoms. The van der Waals surface area contributed by atoms with Crippen molar-refractivity contribution in [3.8, 4) is 0 Å². The lowest BCUT2D eigenvalue weighted by atomic mass is 10.0. The third-order valence-electron chi connectivity index (χ3n) is 1.90. The average Bonchev–Trinajstić information content (AvgIpc) is 2.29. The molecule has 0 spiro atoms. The van der Waals surface area contributed by atoms with Crippen molar-refractivity contribution in [3.63, 3.8) is 0 Å². The third kappa shape index (κ3) is 0.979. The zero-order chi connectivity index (χ0) is 7.90. The minimum Gasteiger partial charge on any atom is -0.259 e. The van der Waals surface area contributed by atoms with E-state index in [1.807, 2.05) is 31.3 Å². The van der Waals surface area contributed by atoms with E-state index in [4.69, 9.17) is 0 Å². The van der Waals surface area contributed by atoms with Gasteiger partial charge in [-0.05, 0) is 18.6 Å². The molecule has 0 saturated heterocycles. The van der Waals surface area contributed by atoms with Gasteiger partial charge in [0.15, 0.2) is 0 Å². The summed E-state index contributed by atoms with van der Waals surface area (Å²) >= 11 is 4.48. The van der Waals surface area contributed by atoms with E-state index >= 15 is 0 Å². The monoisotopic (exact) mass is 163 g/mol. The molecule has 0 N–H and O–H groups in total. The van der Waals surface area contributed by atoms with Crippen LogP contribution < -0.4 is 0 Å². The Bertz CT molecular complexity index is 315. The molecule has 1 aliphatic heterocycles. The Kier molecular flexibility index (Phi) is 1.33. The van der Waals surface area contributed by atoms with Gasteiger partial charge < -0.3 is 0 Å². The van der Waals surface area contributed by atoms with Crippen LogP contribution >= 0.6 is 12.6 Å². The highest BCUT2D eigenvalue weighted by Gasteiger charge is 2.26. The van der Waals surface area contributed by atoms with E-state index in [1.165, 1.54) is 5.56 Å². The molecule has 1 aromatic rings. The normalized spacial score (nSPS) is 27.1. The van der Waals surface area contributed by atoms with Gasteiger partial charge in [-0.1, -0.05) is 18.2 Å². The van der Waals surface area contributed by atoms with Crippen LogP contribution in [-0.2, 0) is 4.75 Å². The summed E-state index contributed by atoms with van der Waals surface area (Å²) in [6, 6.07) is 8.08. The van der Waals surface area contributed by atoms with Gasteiger partial charge in [0.05, 0.1) is 10.4 Å². The number of thiol groups is 1. The molecule has 2 rings (SSSR count). The summed E-state index contributed by atoms with van der Waals surface area (Å²) in [5.74, 6) is 0. The van der Waals surface area contributed by atoms with Crippen molar-refractivity contribution in [1.29, 1.82) is 0 Å². The number of fused-ring (bicyclic) bond motifs is 1. The predicted molar refractivity (Wildman–Crippen MR) is 50.9 cm³/mol. The Labute approximate surface area is 71.6 Å². The molecule has 1 atom stereocenters. The topological polar surface area (TPSA) is 12.4 Å². The van der Waals surface area contributed by atoms with E-state index in [-0.39, 0.29) is 4.75 Å². The van der Waals surface area contributed by atoms with Gasteiger partial charge in [0.2, 0.25) is 0 Å². The molecule has 2 heteroatoms.